The summed E-state index contributed by atoms with van der Waals surface area (Å²) in [7, 11) is 0. The molecule has 0 radical (unpaired) electrons. The third-order valence-electron chi connectivity index (χ3n) is 3.50. The Balaban J connectivity index is 1.92. The quantitative estimate of drug-likeness (QED) is 0.737. The Hall–Kier alpha value is -0.960. The number of rotatable bonds is 1. The van der Waals surface area contributed by atoms with Crippen molar-refractivity contribution in [3.8, 4) is 0 Å². The van der Waals surface area contributed by atoms with E-state index in [-0.39, 0.29) is 11.2 Å². The predicted molar refractivity (Wildman–Crippen MR) is 68.2 cm³/mol. The van der Waals surface area contributed by atoms with Crippen LogP contribution in [-0.4, -0.2) is 17.7 Å². The van der Waals surface area contributed by atoms with Gasteiger partial charge in [0.15, 0.2) is 0 Å². The van der Waals surface area contributed by atoms with E-state index in [9.17, 15) is 4.79 Å². The lowest BCUT2D eigenvalue weighted by molar-refractivity contribution is -0.117. The van der Waals surface area contributed by atoms with Gasteiger partial charge in [0.05, 0.1) is 0 Å². The maximum Gasteiger partial charge on any atom is 0.228 e. The highest BCUT2D eigenvalue weighted by molar-refractivity contribution is 7.81. The molecule has 1 atom stereocenters. The van der Waals surface area contributed by atoms with E-state index in [1.165, 1.54) is 24.0 Å². The first kappa shape index (κ1) is 10.2. The van der Waals surface area contributed by atoms with Gasteiger partial charge in [-0.1, -0.05) is 6.07 Å². The van der Waals surface area contributed by atoms with Crippen molar-refractivity contribution in [3.05, 3.63) is 29.3 Å². The molecule has 0 N–H and O–H groups in total. The van der Waals surface area contributed by atoms with E-state index in [1.54, 1.807) is 0 Å². The summed E-state index contributed by atoms with van der Waals surface area (Å²) in [6, 6.07) is 6.44. The normalized spacial score (nSPS) is 23.9. The minimum absolute atomic E-state index is 0.195. The van der Waals surface area contributed by atoms with Crippen LogP contribution in [0, 0.1) is 0 Å². The zero-order valence-corrected chi connectivity index (χ0v) is 10.0. The number of nitrogens with zero attached hydrogens (tertiary/aromatic N) is 1. The van der Waals surface area contributed by atoms with Gasteiger partial charge in [-0.15, -0.1) is 0 Å². The Morgan fingerprint density at radius 2 is 2.06 bits per heavy atom. The fourth-order valence-electron chi connectivity index (χ4n) is 2.66. The van der Waals surface area contributed by atoms with Gasteiger partial charge >= 0.3 is 0 Å². The van der Waals surface area contributed by atoms with Gasteiger partial charge in [0.1, 0.15) is 0 Å². The number of fused-ring (bicyclic) bond motifs is 1. The second kappa shape index (κ2) is 3.81. The highest BCUT2D eigenvalue weighted by Gasteiger charge is 2.28. The van der Waals surface area contributed by atoms with Crippen molar-refractivity contribution in [1.82, 2.24) is 0 Å². The molecule has 0 spiro atoms. The molecule has 1 aromatic carbocycles. The van der Waals surface area contributed by atoms with Crippen molar-refractivity contribution in [2.24, 2.45) is 0 Å². The number of amides is 1. The van der Waals surface area contributed by atoms with Crippen LogP contribution in [0.25, 0.3) is 0 Å². The summed E-state index contributed by atoms with van der Waals surface area (Å²) in [4.78, 5) is 13.6. The minimum Gasteiger partial charge on any atom is -0.311 e. The molecule has 84 valence electrons. The van der Waals surface area contributed by atoms with E-state index in [1.807, 2.05) is 4.90 Å². The lowest BCUT2D eigenvalue weighted by Crippen LogP contribution is -2.24. The van der Waals surface area contributed by atoms with Gasteiger partial charge in [0.25, 0.3) is 0 Å². The number of carbonyl (C=O) groups excluding carboxylic acids is 1. The van der Waals surface area contributed by atoms with E-state index in [4.69, 9.17) is 0 Å². The Bertz CT molecular complexity index is 444. The SMILES string of the molecule is O=C1CC(S)CN1c1ccc2c(c1)CCC2. The molecule has 1 saturated heterocycles. The monoisotopic (exact) mass is 233 g/mol. The van der Waals surface area contributed by atoms with Crippen LogP contribution in [0.1, 0.15) is 24.0 Å². The van der Waals surface area contributed by atoms with Gasteiger partial charge in [-0.25, -0.2) is 0 Å². The largest absolute Gasteiger partial charge is 0.311 e. The van der Waals surface area contributed by atoms with E-state index in [2.05, 4.69) is 30.8 Å². The maximum absolute atomic E-state index is 11.8. The van der Waals surface area contributed by atoms with E-state index in [0.29, 0.717) is 6.42 Å². The molecule has 1 aliphatic heterocycles. The van der Waals surface area contributed by atoms with Crippen LogP contribution in [0.2, 0.25) is 0 Å². The number of hydrogen-bond acceptors (Lipinski definition) is 2. The Labute approximate surface area is 101 Å². The predicted octanol–water partition coefficient (Wildman–Crippen LogP) is 2.21. The molecule has 2 nitrogen and oxygen atoms in total. The van der Waals surface area contributed by atoms with Crippen LogP contribution in [-0.2, 0) is 17.6 Å². The molecule has 1 unspecified atom stereocenters. The van der Waals surface area contributed by atoms with Crippen LogP contribution in [0.3, 0.4) is 0 Å². The van der Waals surface area contributed by atoms with Crippen LogP contribution in [0.5, 0.6) is 0 Å². The molecular weight excluding hydrogens is 218 g/mol. The molecule has 3 rings (SSSR count). The van der Waals surface area contributed by atoms with Crippen LogP contribution in [0.15, 0.2) is 18.2 Å². The Kier molecular flexibility index (Phi) is 2.43. The van der Waals surface area contributed by atoms with Crippen molar-refractivity contribution < 1.29 is 4.79 Å². The fourth-order valence-corrected chi connectivity index (χ4v) is 2.98. The minimum atomic E-state index is 0.195. The van der Waals surface area contributed by atoms with Gasteiger partial charge in [0, 0.05) is 23.9 Å². The summed E-state index contributed by atoms with van der Waals surface area (Å²) in [6.07, 6.45) is 4.18. The summed E-state index contributed by atoms with van der Waals surface area (Å²) in [6.45, 7) is 0.751. The fraction of sp³-hybridized carbons (Fsp3) is 0.462. The third kappa shape index (κ3) is 1.63. The Morgan fingerprint density at radius 1 is 1.25 bits per heavy atom. The first-order valence-electron chi connectivity index (χ1n) is 5.84. The average Bonchev–Trinajstić information content (AvgIpc) is 2.83. The summed E-state index contributed by atoms with van der Waals surface area (Å²) < 4.78 is 0. The van der Waals surface area contributed by atoms with Gasteiger partial charge in [-0.2, -0.15) is 12.6 Å². The highest BCUT2D eigenvalue weighted by Crippen LogP contribution is 2.29. The number of benzene rings is 1. The van der Waals surface area contributed by atoms with Crippen molar-refractivity contribution in [2.75, 3.05) is 11.4 Å². The molecule has 0 aromatic heterocycles. The van der Waals surface area contributed by atoms with E-state index >= 15 is 0 Å². The van der Waals surface area contributed by atoms with Crippen molar-refractivity contribution in [1.29, 1.82) is 0 Å². The second-order valence-corrected chi connectivity index (χ2v) is 5.40. The maximum atomic E-state index is 11.8. The Morgan fingerprint density at radius 3 is 2.81 bits per heavy atom. The lowest BCUT2D eigenvalue weighted by Gasteiger charge is -2.17. The summed E-state index contributed by atoms with van der Waals surface area (Å²) in [5, 5.41) is 0.195. The molecule has 1 fully saturated rings. The van der Waals surface area contributed by atoms with E-state index < -0.39 is 0 Å². The summed E-state index contributed by atoms with van der Waals surface area (Å²) in [5.74, 6) is 0.206. The van der Waals surface area contributed by atoms with Crippen molar-refractivity contribution in [2.45, 2.75) is 30.9 Å². The van der Waals surface area contributed by atoms with Gasteiger partial charge in [0.2, 0.25) is 5.91 Å². The average molecular weight is 233 g/mol. The van der Waals surface area contributed by atoms with Gasteiger partial charge in [-0.3, -0.25) is 4.79 Å². The number of thiol groups is 1. The topological polar surface area (TPSA) is 20.3 Å². The molecule has 1 amide bonds. The summed E-state index contributed by atoms with van der Waals surface area (Å²) in [5.41, 5.74) is 3.94. The van der Waals surface area contributed by atoms with Crippen molar-refractivity contribution >= 4 is 24.2 Å². The molecule has 2 aliphatic rings. The smallest absolute Gasteiger partial charge is 0.228 e. The summed E-state index contributed by atoms with van der Waals surface area (Å²) >= 11 is 4.38. The van der Waals surface area contributed by atoms with Crippen molar-refractivity contribution in [3.63, 3.8) is 0 Å². The molecule has 0 bridgehead atoms. The molecular formula is C13H15NOS. The molecule has 1 heterocycles. The third-order valence-corrected chi connectivity index (χ3v) is 3.84. The van der Waals surface area contributed by atoms with Crippen LogP contribution < -0.4 is 4.90 Å². The molecule has 16 heavy (non-hydrogen) atoms. The van der Waals surface area contributed by atoms with Gasteiger partial charge in [-0.05, 0) is 42.5 Å². The zero-order valence-electron chi connectivity index (χ0n) is 9.15. The second-order valence-electron chi connectivity index (χ2n) is 4.67. The molecule has 1 aliphatic carbocycles. The standard InChI is InChI=1S/C13H15NOS/c15-13-7-12(16)8-14(13)11-5-4-9-2-1-3-10(9)6-11/h4-6,12,16H,1-3,7-8H2. The first-order chi connectivity index (χ1) is 7.74. The lowest BCUT2D eigenvalue weighted by atomic mass is 10.1. The van der Waals surface area contributed by atoms with Gasteiger partial charge < -0.3 is 4.90 Å². The van der Waals surface area contributed by atoms with Crippen LogP contribution >= 0.6 is 12.6 Å². The number of hydrogen-bond donors (Lipinski definition) is 1. The number of anilines is 1. The molecule has 3 heteroatoms. The first-order valence-corrected chi connectivity index (χ1v) is 6.36. The zero-order chi connectivity index (χ0) is 11.1. The molecule has 1 aromatic rings. The van der Waals surface area contributed by atoms with E-state index in [0.717, 1.165) is 18.7 Å². The number of carbonyl (C=O) groups is 1. The van der Waals surface area contributed by atoms with Crippen LogP contribution in [0.4, 0.5) is 5.69 Å². The number of aryl methyl sites for hydroxylation is 2. The molecule has 0 saturated carbocycles. The highest BCUT2D eigenvalue weighted by atomic mass is 32.1.